The van der Waals surface area contributed by atoms with E-state index < -0.39 is 10.0 Å². The molecule has 1 N–H and O–H groups in total. The zero-order valence-corrected chi connectivity index (χ0v) is 19.1. The highest BCUT2D eigenvalue weighted by Gasteiger charge is 2.24. The molecule has 9 heteroatoms. The highest BCUT2D eigenvalue weighted by Crippen LogP contribution is 2.20. The predicted molar refractivity (Wildman–Crippen MR) is 119 cm³/mol. The highest BCUT2D eigenvalue weighted by molar-refractivity contribution is 7.89. The summed E-state index contributed by atoms with van der Waals surface area (Å²) in [6.45, 7) is 9.06. The number of hydrogen-bond donors (Lipinski definition) is 1. The van der Waals surface area contributed by atoms with Crippen LogP contribution < -0.4 is 4.72 Å². The van der Waals surface area contributed by atoms with Gasteiger partial charge in [0.1, 0.15) is 0 Å². The van der Waals surface area contributed by atoms with E-state index in [4.69, 9.17) is 17.3 Å². The van der Waals surface area contributed by atoms with Crippen LogP contribution in [0.4, 0.5) is 0 Å². The minimum absolute atomic E-state index is 0.0202. The van der Waals surface area contributed by atoms with Crippen molar-refractivity contribution in [3.05, 3.63) is 34.6 Å². The third kappa shape index (κ3) is 5.53. The minimum Gasteiger partial charge on any atom is -0.300 e. The molecule has 0 spiro atoms. The van der Waals surface area contributed by atoms with E-state index >= 15 is 0 Å². The topological polar surface area (TPSA) is 72.2 Å². The second-order valence-corrected chi connectivity index (χ2v) is 9.93. The zero-order valence-electron chi connectivity index (χ0n) is 17.5. The number of aromatic nitrogens is 3. The molecule has 1 aromatic heterocycles. The van der Waals surface area contributed by atoms with Gasteiger partial charge in [-0.25, -0.2) is 17.8 Å². The van der Waals surface area contributed by atoms with Crippen LogP contribution in [0.25, 0.3) is 11.4 Å². The summed E-state index contributed by atoms with van der Waals surface area (Å²) in [6, 6.07) is 8.32. The fourth-order valence-electron chi connectivity index (χ4n) is 3.78. The van der Waals surface area contributed by atoms with Gasteiger partial charge in [-0.15, -0.1) is 0 Å². The van der Waals surface area contributed by atoms with Crippen molar-refractivity contribution < 1.29 is 8.42 Å². The molecule has 1 aliphatic rings. The first kappa shape index (κ1) is 22.1. The molecular formula is C20H31N5O2S2. The summed E-state index contributed by atoms with van der Waals surface area (Å²) in [4.78, 5) is 2.29. The van der Waals surface area contributed by atoms with Crippen molar-refractivity contribution in [3.8, 4) is 11.4 Å². The standard InChI is InChI=1S/C20H31N5O2S2/c1-4-13-29(26,27)22-18-9-11-23(12-10-18)15-25-20(28)24(5-2)19(21-25)17-8-6-7-16(3)14-17/h6-8,14,18,22H,4-5,9-13,15H2,1-3H3. The maximum Gasteiger partial charge on any atom is 0.211 e. The first-order valence-corrected chi connectivity index (χ1v) is 12.4. The van der Waals surface area contributed by atoms with Gasteiger partial charge in [0.25, 0.3) is 0 Å². The average Bonchev–Trinajstić information content (AvgIpc) is 2.98. The van der Waals surface area contributed by atoms with Gasteiger partial charge in [-0.3, -0.25) is 4.90 Å². The van der Waals surface area contributed by atoms with Crippen LogP contribution in [0, 0.1) is 11.7 Å². The minimum atomic E-state index is -3.16. The van der Waals surface area contributed by atoms with Crippen molar-refractivity contribution in [2.45, 2.75) is 59.3 Å². The molecule has 0 radical (unpaired) electrons. The molecule has 0 aliphatic carbocycles. The molecule has 0 atom stereocenters. The molecule has 2 heterocycles. The summed E-state index contributed by atoms with van der Waals surface area (Å²) < 4.78 is 31.5. The third-order valence-corrected chi connectivity index (χ3v) is 7.33. The van der Waals surface area contributed by atoms with Gasteiger partial charge in [0, 0.05) is 31.2 Å². The molecule has 0 saturated carbocycles. The molecule has 1 aliphatic heterocycles. The van der Waals surface area contributed by atoms with E-state index in [-0.39, 0.29) is 11.8 Å². The lowest BCUT2D eigenvalue weighted by Gasteiger charge is -2.31. The fourth-order valence-corrected chi connectivity index (χ4v) is 5.49. The van der Waals surface area contributed by atoms with Gasteiger partial charge in [0.2, 0.25) is 10.0 Å². The largest absolute Gasteiger partial charge is 0.300 e. The van der Waals surface area contributed by atoms with Gasteiger partial charge >= 0.3 is 0 Å². The number of rotatable bonds is 8. The Morgan fingerprint density at radius 3 is 2.59 bits per heavy atom. The number of sulfonamides is 1. The van der Waals surface area contributed by atoms with Crippen molar-refractivity contribution in [1.29, 1.82) is 0 Å². The van der Waals surface area contributed by atoms with E-state index in [1.54, 1.807) is 0 Å². The van der Waals surface area contributed by atoms with E-state index in [2.05, 4.69) is 46.2 Å². The molecule has 29 heavy (non-hydrogen) atoms. The van der Waals surface area contributed by atoms with Crippen LogP contribution in [0.15, 0.2) is 24.3 Å². The molecule has 2 aromatic rings. The summed E-state index contributed by atoms with van der Waals surface area (Å²) in [5.74, 6) is 1.09. The Morgan fingerprint density at radius 1 is 1.24 bits per heavy atom. The number of nitrogens with zero attached hydrogens (tertiary/aromatic N) is 4. The van der Waals surface area contributed by atoms with Crippen molar-refractivity contribution in [2.75, 3.05) is 18.8 Å². The Balaban J connectivity index is 1.68. The van der Waals surface area contributed by atoms with E-state index in [0.717, 1.165) is 48.6 Å². The molecule has 3 rings (SSSR count). The van der Waals surface area contributed by atoms with E-state index in [1.165, 1.54) is 5.56 Å². The molecule has 0 bridgehead atoms. The first-order valence-electron chi connectivity index (χ1n) is 10.3. The van der Waals surface area contributed by atoms with Crippen molar-refractivity contribution in [1.82, 2.24) is 24.0 Å². The molecule has 7 nitrogen and oxygen atoms in total. The first-order chi connectivity index (χ1) is 13.8. The normalized spacial score (nSPS) is 16.4. The quantitative estimate of drug-likeness (QED) is 0.642. The molecule has 1 fully saturated rings. The Kier molecular flexibility index (Phi) is 7.26. The third-order valence-electron chi connectivity index (χ3n) is 5.26. The van der Waals surface area contributed by atoms with Crippen LogP contribution in [0.3, 0.4) is 0 Å². The predicted octanol–water partition coefficient (Wildman–Crippen LogP) is 3.16. The van der Waals surface area contributed by atoms with Crippen molar-refractivity contribution in [3.63, 3.8) is 0 Å². The lowest BCUT2D eigenvalue weighted by Crippen LogP contribution is -2.45. The lowest BCUT2D eigenvalue weighted by atomic mass is 10.1. The van der Waals surface area contributed by atoms with Gasteiger partial charge in [-0.05, 0) is 51.4 Å². The lowest BCUT2D eigenvalue weighted by molar-refractivity contribution is 0.157. The number of hydrogen-bond acceptors (Lipinski definition) is 5. The van der Waals surface area contributed by atoms with E-state index in [0.29, 0.717) is 13.1 Å². The summed E-state index contributed by atoms with van der Waals surface area (Å²) >= 11 is 5.68. The van der Waals surface area contributed by atoms with E-state index in [9.17, 15) is 8.42 Å². The Hall–Kier alpha value is -1.55. The van der Waals surface area contributed by atoms with Gasteiger partial charge < -0.3 is 4.57 Å². The van der Waals surface area contributed by atoms with Crippen molar-refractivity contribution >= 4 is 22.2 Å². The van der Waals surface area contributed by atoms with Crippen molar-refractivity contribution in [2.24, 2.45) is 0 Å². The van der Waals surface area contributed by atoms with Crippen LogP contribution in [0.5, 0.6) is 0 Å². The number of likely N-dealkylation sites (tertiary alicyclic amines) is 1. The SMILES string of the molecule is CCCS(=O)(=O)NC1CCN(Cn2nc(-c3cccc(C)c3)n(CC)c2=S)CC1. The molecule has 1 saturated heterocycles. The van der Waals surface area contributed by atoms with Crippen LogP contribution in [-0.2, 0) is 23.2 Å². The number of piperidine rings is 1. The Morgan fingerprint density at radius 2 is 1.97 bits per heavy atom. The number of nitrogens with one attached hydrogen (secondary N) is 1. The number of benzene rings is 1. The summed E-state index contributed by atoms with van der Waals surface area (Å²) in [7, 11) is -3.16. The maximum absolute atomic E-state index is 12.0. The van der Waals surface area contributed by atoms with Gasteiger partial charge in [-0.1, -0.05) is 30.7 Å². The maximum atomic E-state index is 12.0. The van der Waals surface area contributed by atoms with Gasteiger partial charge in [-0.2, -0.15) is 5.10 Å². The molecule has 1 aromatic carbocycles. The summed E-state index contributed by atoms with van der Waals surface area (Å²) in [5, 5.41) is 4.81. The smallest absolute Gasteiger partial charge is 0.211 e. The Bertz CT molecular complexity index is 989. The Labute approximate surface area is 178 Å². The van der Waals surface area contributed by atoms with Crippen LogP contribution in [0.1, 0.15) is 38.7 Å². The van der Waals surface area contributed by atoms with E-state index in [1.807, 2.05) is 17.7 Å². The van der Waals surface area contributed by atoms with Crippen LogP contribution in [-0.4, -0.2) is 52.5 Å². The fraction of sp³-hybridized carbons (Fsp3) is 0.600. The second kappa shape index (κ2) is 9.51. The molecule has 0 amide bonds. The molecule has 160 valence electrons. The van der Waals surface area contributed by atoms with Crippen LogP contribution in [0.2, 0.25) is 0 Å². The zero-order chi connectivity index (χ0) is 21.0. The highest BCUT2D eigenvalue weighted by atomic mass is 32.2. The summed E-state index contributed by atoms with van der Waals surface area (Å²) in [6.07, 6.45) is 2.24. The average molecular weight is 438 g/mol. The molecular weight excluding hydrogens is 406 g/mol. The second-order valence-electron chi connectivity index (χ2n) is 7.69. The van der Waals surface area contributed by atoms with Gasteiger partial charge in [0.05, 0.1) is 12.4 Å². The summed E-state index contributed by atoms with van der Waals surface area (Å²) in [5.41, 5.74) is 2.26. The monoisotopic (exact) mass is 437 g/mol. The van der Waals surface area contributed by atoms with Gasteiger partial charge in [0.15, 0.2) is 10.6 Å². The molecule has 0 unspecified atom stereocenters. The van der Waals surface area contributed by atoms with Crippen LogP contribution >= 0.6 is 12.2 Å². The number of aryl methyl sites for hydroxylation is 1.